The van der Waals surface area contributed by atoms with Gasteiger partial charge in [0.25, 0.3) is 5.91 Å². The molecule has 4 nitrogen and oxygen atoms in total. The Morgan fingerprint density at radius 2 is 1.95 bits per heavy atom. The van der Waals surface area contributed by atoms with E-state index in [0.717, 1.165) is 45.6 Å². The minimum Gasteiger partial charge on any atom is -0.352 e. The summed E-state index contributed by atoms with van der Waals surface area (Å²) in [6.07, 6.45) is 3.24. The molecule has 0 aromatic heterocycles. The van der Waals surface area contributed by atoms with Gasteiger partial charge in [0.15, 0.2) is 0 Å². The predicted molar refractivity (Wildman–Crippen MR) is 86.5 cm³/mol. The highest BCUT2D eigenvalue weighted by molar-refractivity contribution is 5.94. The Kier molecular flexibility index (Phi) is 6.80. The third kappa shape index (κ3) is 5.73. The average Bonchev–Trinajstić information content (AvgIpc) is 2.52. The van der Waals surface area contributed by atoms with Crippen LogP contribution in [0.2, 0.25) is 0 Å². The van der Waals surface area contributed by atoms with Gasteiger partial charge < -0.3 is 15.1 Å². The van der Waals surface area contributed by atoms with Crippen molar-refractivity contribution in [2.45, 2.75) is 19.3 Å². The largest absolute Gasteiger partial charge is 0.352 e. The highest BCUT2D eigenvalue weighted by Gasteiger charge is 2.12. The smallest absolute Gasteiger partial charge is 0.251 e. The normalized spacial score (nSPS) is 16.6. The number of nitrogens with zero attached hydrogens (tertiary/aromatic N) is 2. The zero-order valence-electron chi connectivity index (χ0n) is 13.4. The number of carbonyl (C=O) groups excluding carboxylic acids is 1. The number of piperazine rings is 1. The van der Waals surface area contributed by atoms with Gasteiger partial charge in [0, 0.05) is 38.3 Å². The molecule has 1 aromatic carbocycles. The molecule has 2 rings (SSSR count). The molecule has 1 heterocycles. The van der Waals surface area contributed by atoms with Gasteiger partial charge in [-0.25, -0.2) is 4.39 Å². The Hall–Kier alpha value is -1.46. The maximum absolute atomic E-state index is 13.0. The van der Waals surface area contributed by atoms with Gasteiger partial charge >= 0.3 is 0 Å². The van der Waals surface area contributed by atoms with Crippen molar-refractivity contribution in [2.75, 3.05) is 46.3 Å². The second-order valence-corrected chi connectivity index (χ2v) is 5.97. The lowest BCUT2D eigenvalue weighted by atomic mass is 10.2. The SMILES string of the molecule is CN1CCN(CCCCCNC(=O)c2cccc(F)c2)CC1. The maximum Gasteiger partial charge on any atom is 0.251 e. The van der Waals surface area contributed by atoms with Crippen LogP contribution in [0.1, 0.15) is 29.6 Å². The van der Waals surface area contributed by atoms with Crippen molar-refractivity contribution < 1.29 is 9.18 Å². The van der Waals surface area contributed by atoms with Crippen molar-refractivity contribution in [1.82, 2.24) is 15.1 Å². The molecule has 0 bridgehead atoms. The van der Waals surface area contributed by atoms with Crippen LogP contribution in [-0.4, -0.2) is 62.0 Å². The Labute approximate surface area is 132 Å². The number of carbonyl (C=O) groups is 1. The van der Waals surface area contributed by atoms with Gasteiger partial charge in [-0.1, -0.05) is 12.5 Å². The Morgan fingerprint density at radius 3 is 2.68 bits per heavy atom. The van der Waals surface area contributed by atoms with E-state index in [1.165, 1.54) is 18.6 Å². The van der Waals surface area contributed by atoms with Gasteiger partial charge in [-0.2, -0.15) is 0 Å². The summed E-state index contributed by atoms with van der Waals surface area (Å²) >= 11 is 0. The summed E-state index contributed by atoms with van der Waals surface area (Å²) in [4.78, 5) is 16.7. The van der Waals surface area contributed by atoms with Crippen molar-refractivity contribution in [3.63, 3.8) is 0 Å². The van der Waals surface area contributed by atoms with Crippen LogP contribution in [0, 0.1) is 5.82 Å². The molecule has 1 N–H and O–H groups in total. The monoisotopic (exact) mass is 307 g/mol. The fourth-order valence-corrected chi connectivity index (χ4v) is 2.64. The molecule has 1 aliphatic heterocycles. The summed E-state index contributed by atoms with van der Waals surface area (Å²) < 4.78 is 13.0. The van der Waals surface area contributed by atoms with E-state index in [1.807, 2.05) is 0 Å². The number of unbranched alkanes of at least 4 members (excludes halogenated alkanes) is 2. The molecule has 0 radical (unpaired) electrons. The lowest BCUT2D eigenvalue weighted by molar-refractivity contribution is 0.0952. The van der Waals surface area contributed by atoms with E-state index in [1.54, 1.807) is 12.1 Å². The lowest BCUT2D eigenvalue weighted by Crippen LogP contribution is -2.44. The molecule has 0 saturated carbocycles. The van der Waals surface area contributed by atoms with Gasteiger partial charge in [-0.15, -0.1) is 0 Å². The third-order valence-electron chi connectivity index (χ3n) is 4.12. The summed E-state index contributed by atoms with van der Waals surface area (Å²) in [7, 11) is 2.17. The molecular formula is C17H26FN3O. The van der Waals surface area contributed by atoms with E-state index in [-0.39, 0.29) is 11.7 Å². The molecule has 5 heteroatoms. The molecule has 1 aliphatic rings. The van der Waals surface area contributed by atoms with Gasteiger partial charge in [-0.3, -0.25) is 4.79 Å². The molecule has 1 fully saturated rings. The van der Waals surface area contributed by atoms with Crippen molar-refractivity contribution in [3.05, 3.63) is 35.6 Å². The van der Waals surface area contributed by atoms with Crippen LogP contribution < -0.4 is 5.32 Å². The molecule has 0 atom stereocenters. The van der Waals surface area contributed by atoms with Crippen molar-refractivity contribution in [1.29, 1.82) is 0 Å². The van der Waals surface area contributed by atoms with Crippen LogP contribution in [0.5, 0.6) is 0 Å². The number of likely N-dealkylation sites (N-methyl/N-ethyl adjacent to an activating group) is 1. The topological polar surface area (TPSA) is 35.6 Å². The summed E-state index contributed by atoms with van der Waals surface area (Å²) in [6, 6.07) is 5.80. The Balaban J connectivity index is 1.53. The molecule has 0 unspecified atom stereocenters. The van der Waals surface area contributed by atoms with E-state index in [0.29, 0.717) is 12.1 Å². The van der Waals surface area contributed by atoms with E-state index in [4.69, 9.17) is 0 Å². The first kappa shape index (κ1) is 16.9. The van der Waals surface area contributed by atoms with Crippen LogP contribution in [0.3, 0.4) is 0 Å². The zero-order chi connectivity index (χ0) is 15.8. The number of nitrogens with one attached hydrogen (secondary N) is 1. The second-order valence-electron chi connectivity index (χ2n) is 5.97. The summed E-state index contributed by atoms with van der Waals surface area (Å²) in [5.74, 6) is -0.571. The standard InChI is InChI=1S/C17H26FN3O/c1-20-10-12-21(13-11-20)9-4-2-3-8-19-17(22)15-6-5-7-16(18)14-15/h5-7,14H,2-4,8-13H2,1H3,(H,19,22). The molecule has 1 saturated heterocycles. The van der Waals surface area contributed by atoms with E-state index < -0.39 is 0 Å². The van der Waals surface area contributed by atoms with Gasteiger partial charge in [0.1, 0.15) is 5.82 Å². The quantitative estimate of drug-likeness (QED) is 0.782. The average molecular weight is 307 g/mol. The van der Waals surface area contributed by atoms with E-state index in [9.17, 15) is 9.18 Å². The number of rotatable bonds is 7. The fraction of sp³-hybridized carbons (Fsp3) is 0.588. The first-order valence-electron chi connectivity index (χ1n) is 8.10. The van der Waals surface area contributed by atoms with Crippen molar-refractivity contribution in [2.24, 2.45) is 0 Å². The van der Waals surface area contributed by atoms with E-state index in [2.05, 4.69) is 22.2 Å². The number of amides is 1. The van der Waals surface area contributed by atoms with Crippen LogP contribution in [0.4, 0.5) is 4.39 Å². The van der Waals surface area contributed by atoms with Crippen LogP contribution in [0.25, 0.3) is 0 Å². The minimum absolute atomic E-state index is 0.196. The van der Waals surface area contributed by atoms with Crippen LogP contribution in [-0.2, 0) is 0 Å². The first-order chi connectivity index (χ1) is 10.6. The molecule has 1 amide bonds. The zero-order valence-corrected chi connectivity index (χ0v) is 13.4. The molecule has 0 spiro atoms. The number of benzene rings is 1. The van der Waals surface area contributed by atoms with Gasteiger partial charge in [-0.05, 0) is 44.6 Å². The van der Waals surface area contributed by atoms with Gasteiger partial charge in [0.05, 0.1) is 0 Å². The molecule has 22 heavy (non-hydrogen) atoms. The number of hydrogen-bond donors (Lipinski definition) is 1. The van der Waals surface area contributed by atoms with Crippen molar-refractivity contribution in [3.8, 4) is 0 Å². The maximum atomic E-state index is 13.0. The summed E-state index contributed by atoms with van der Waals surface area (Å²) in [5.41, 5.74) is 0.387. The van der Waals surface area contributed by atoms with Crippen molar-refractivity contribution >= 4 is 5.91 Å². The molecule has 122 valence electrons. The Morgan fingerprint density at radius 1 is 1.18 bits per heavy atom. The minimum atomic E-state index is -0.375. The Bertz CT molecular complexity index is 473. The number of halogens is 1. The third-order valence-corrected chi connectivity index (χ3v) is 4.12. The van der Waals surface area contributed by atoms with Gasteiger partial charge in [0.2, 0.25) is 0 Å². The fourth-order valence-electron chi connectivity index (χ4n) is 2.64. The predicted octanol–water partition coefficient (Wildman–Crippen LogP) is 1.97. The van der Waals surface area contributed by atoms with Crippen LogP contribution >= 0.6 is 0 Å². The molecule has 0 aliphatic carbocycles. The molecular weight excluding hydrogens is 281 g/mol. The second kappa shape index (κ2) is 8.86. The van der Waals surface area contributed by atoms with Crippen LogP contribution in [0.15, 0.2) is 24.3 Å². The lowest BCUT2D eigenvalue weighted by Gasteiger charge is -2.32. The summed E-state index contributed by atoms with van der Waals surface area (Å²) in [5, 5.41) is 2.84. The highest BCUT2D eigenvalue weighted by Crippen LogP contribution is 2.05. The first-order valence-corrected chi connectivity index (χ1v) is 8.10. The number of hydrogen-bond acceptors (Lipinski definition) is 3. The molecule has 1 aromatic rings. The highest BCUT2D eigenvalue weighted by atomic mass is 19.1. The summed E-state index contributed by atoms with van der Waals surface area (Å²) in [6.45, 7) is 6.43. The van der Waals surface area contributed by atoms with E-state index >= 15 is 0 Å².